The molecule has 1 N–H and O–H groups in total. The Morgan fingerprint density at radius 1 is 0.974 bits per heavy atom. The molecule has 1 amide bonds. The van der Waals surface area contributed by atoms with Gasteiger partial charge in [0.2, 0.25) is 0 Å². The maximum absolute atomic E-state index is 13.3. The van der Waals surface area contributed by atoms with Crippen molar-refractivity contribution in [3.8, 4) is 17.3 Å². The summed E-state index contributed by atoms with van der Waals surface area (Å²) in [5, 5.41) is 2.21. The molecule has 1 unspecified atom stereocenters. The number of hydrogen-bond donors (Lipinski definition) is 1. The first-order valence-electron chi connectivity index (χ1n) is 10.4. The molecule has 0 fully saturated rings. The van der Waals surface area contributed by atoms with Crippen LogP contribution in [0.1, 0.15) is 34.6 Å². The SMILES string of the molecule is CC(NC(=O)c1cc(C(F)(F)F)cc(S(=O)(=O)C(F)(F)F)c1)c1nccnc1-c1ncc(OCC(F)F)cn1. The summed E-state index contributed by atoms with van der Waals surface area (Å²) >= 11 is 0. The number of carbonyl (C=O) groups excluding carboxylic acids is 1. The Balaban J connectivity index is 1.93. The molecular formula is C21H15F8N5O4S. The predicted octanol–water partition coefficient (Wildman–Crippen LogP) is 4.38. The van der Waals surface area contributed by atoms with E-state index in [-0.39, 0.29) is 41.2 Å². The van der Waals surface area contributed by atoms with Crippen molar-refractivity contribution in [1.82, 2.24) is 25.3 Å². The van der Waals surface area contributed by atoms with Crippen molar-refractivity contribution in [2.75, 3.05) is 6.61 Å². The van der Waals surface area contributed by atoms with Crippen LogP contribution >= 0.6 is 0 Å². The van der Waals surface area contributed by atoms with Gasteiger partial charge in [0, 0.05) is 18.0 Å². The number of nitrogens with zero attached hydrogens (tertiary/aromatic N) is 4. The van der Waals surface area contributed by atoms with Crippen LogP contribution in [0, 0.1) is 0 Å². The summed E-state index contributed by atoms with van der Waals surface area (Å²) in [7, 11) is -6.22. The van der Waals surface area contributed by atoms with Crippen molar-refractivity contribution in [2.45, 2.75) is 36.0 Å². The smallest absolute Gasteiger partial charge is 0.484 e. The second-order valence-electron chi connectivity index (χ2n) is 7.62. The zero-order chi connectivity index (χ0) is 29.2. The lowest BCUT2D eigenvalue weighted by molar-refractivity contribution is -0.137. The Hall–Kier alpha value is -3.96. The molecule has 18 heteroatoms. The average molecular weight is 585 g/mol. The van der Waals surface area contributed by atoms with Crippen molar-refractivity contribution in [3.63, 3.8) is 0 Å². The number of amides is 1. The number of alkyl halides is 8. The van der Waals surface area contributed by atoms with Crippen molar-refractivity contribution in [3.05, 3.63) is 59.8 Å². The van der Waals surface area contributed by atoms with Gasteiger partial charge in [-0.2, -0.15) is 26.3 Å². The number of benzene rings is 1. The minimum absolute atomic E-state index is 0.0396. The van der Waals surface area contributed by atoms with Gasteiger partial charge in [-0.15, -0.1) is 0 Å². The average Bonchev–Trinajstić information content (AvgIpc) is 2.86. The number of sulfone groups is 1. The quantitative estimate of drug-likeness (QED) is 0.387. The van der Waals surface area contributed by atoms with E-state index in [1.807, 2.05) is 0 Å². The number of aromatic nitrogens is 4. The zero-order valence-electron chi connectivity index (χ0n) is 19.3. The molecule has 1 aromatic carbocycles. The van der Waals surface area contributed by atoms with Crippen LogP contribution in [0.15, 0.2) is 47.9 Å². The Bertz CT molecular complexity index is 1450. The number of rotatable bonds is 8. The number of carbonyl (C=O) groups is 1. The third-order valence-electron chi connectivity index (χ3n) is 4.81. The molecule has 0 aliphatic carbocycles. The maximum Gasteiger partial charge on any atom is 0.501 e. The Kier molecular flexibility index (Phi) is 8.37. The summed E-state index contributed by atoms with van der Waals surface area (Å²) in [4.78, 5) is 26.8. The highest BCUT2D eigenvalue weighted by atomic mass is 32.2. The lowest BCUT2D eigenvalue weighted by Crippen LogP contribution is -2.29. The second-order valence-corrected chi connectivity index (χ2v) is 9.56. The molecule has 1 atom stereocenters. The van der Waals surface area contributed by atoms with Gasteiger partial charge in [-0.1, -0.05) is 0 Å². The van der Waals surface area contributed by atoms with E-state index in [4.69, 9.17) is 4.74 Å². The van der Waals surface area contributed by atoms with Crippen LogP contribution < -0.4 is 10.1 Å². The molecule has 0 saturated heterocycles. The van der Waals surface area contributed by atoms with Crippen LogP contribution in [0.25, 0.3) is 11.5 Å². The Morgan fingerprint density at radius 3 is 2.15 bits per heavy atom. The molecular weight excluding hydrogens is 570 g/mol. The lowest BCUT2D eigenvalue weighted by Gasteiger charge is -2.17. The molecule has 2 heterocycles. The van der Waals surface area contributed by atoms with Gasteiger partial charge >= 0.3 is 11.7 Å². The Labute approximate surface area is 214 Å². The van der Waals surface area contributed by atoms with E-state index < -0.39 is 62.5 Å². The highest BCUT2D eigenvalue weighted by Gasteiger charge is 2.48. The topological polar surface area (TPSA) is 124 Å². The van der Waals surface area contributed by atoms with Gasteiger partial charge in [-0.3, -0.25) is 9.78 Å². The fraction of sp³-hybridized carbons (Fsp3) is 0.286. The number of nitrogens with one attached hydrogen (secondary N) is 1. The van der Waals surface area contributed by atoms with Gasteiger partial charge in [0.25, 0.3) is 22.2 Å². The normalized spacial score (nSPS) is 13.3. The van der Waals surface area contributed by atoms with Gasteiger partial charge in [-0.05, 0) is 25.1 Å². The van der Waals surface area contributed by atoms with Gasteiger partial charge in [0.05, 0.1) is 34.6 Å². The first-order chi connectivity index (χ1) is 18.0. The van der Waals surface area contributed by atoms with Gasteiger partial charge in [0.15, 0.2) is 11.6 Å². The summed E-state index contributed by atoms with van der Waals surface area (Å²) in [5.74, 6) is -1.57. The fourth-order valence-electron chi connectivity index (χ4n) is 3.04. The molecule has 39 heavy (non-hydrogen) atoms. The molecule has 2 aromatic heterocycles. The van der Waals surface area contributed by atoms with Gasteiger partial charge in [0.1, 0.15) is 12.3 Å². The van der Waals surface area contributed by atoms with Crippen LogP contribution in [-0.4, -0.2) is 52.8 Å². The third-order valence-corrected chi connectivity index (χ3v) is 6.28. The largest absolute Gasteiger partial charge is 0.501 e. The van der Waals surface area contributed by atoms with E-state index >= 15 is 0 Å². The molecule has 9 nitrogen and oxygen atoms in total. The van der Waals surface area contributed by atoms with Crippen molar-refractivity contribution in [1.29, 1.82) is 0 Å². The molecule has 0 spiro atoms. The molecule has 0 bridgehead atoms. The first kappa shape index (κ1) is 29.6. The number of hydrogen-bond acceptors (Lipinski definition) is 8. The highest BCUT2D eigenvalue weighted by molar-refractivity contribution is 7.92. The minimum Gasteiger partial charge on any atom is -0.484 e. The van der Waals surface area contributed by atoms with Crippen molar-refractivity contribution in [2.24, 2.45) is 0 Å². The van der Waals surface area contributed by atoms with E-state index in [9.17, 15) is 48.3 Å². The van der Waals surface area contributed by atoms with Crippen LogP contribution in [0.5, 0.6) is 5.75 Å². The molecule has 210 valence electrons. The monoisotopic (exact) mass is 585 g/mol. The van der Waals surface area contributed by atoms with Crippen LogP contribution in [0.4, 0.5) is 35.1 Å². The molecule has 0 radical (unpaired) electrons. The fourth-order valence-corrected chi connectivity index (χ4v) is 3.87. The van der Waals surface area contributed by atoms with E-state index in [2.05, 4.69) is 25.3 Å². The van der Waals surface area contributed by atoms with Crippen LogP contribution in [0.3, 0.4) is 0 Å². The van der Waals surface area contributed by atoms with Crippen LogP contribution in [0.2, 0.25) is 0 Å². The summed E-state index contributed by atoms with van der Waals surface area (Å²) in [6.45, 7) is 0.385. The number of halogens is 8. The van der Waals surface area contributed by atoms with E-state index in [1.165, 1.54) is 19.3 Å². The van der Waals surface area contributed by atoms with Gasteiger partial charge in [-0.25, -0.2) is 32.2 Å². The summed E-state index contributed by atoms with van der Waals surface area (Å²) < 4.78 is 132. The summed E-state index contributed by atoms with van der Waals surface area (Å²) in [6, 6.07) is -1.04. The number of ether oxygens (including phenoxy) is 1. The van der Waals surface area contributed by atoms with E-state index in [0.29, 0.717) is 0 Å². The molecule has 3 rings (SSSR count). The zero-order valence-corrected chi connectivity index (χ0v) is 20.1. The predicted molar refractivity (Wildman–Crippen MR) is 115 cm³/mol. The summed E-state index contributed by atoms with van der Waals surface area (Å²) in [5.41, 5.74) is -8.83. The molecule has 0 aliphatic heterocycles. The minimum atomic E-state index is -6.22. The van der Waals surface area contributed by atoms with Gasteiger partial charge < -0.3 is 10.1 Å². The molecule has 3 aromatic rings. The Morgan fingerprint density at radius 2 is 1.59 bits per heavy atom. The third kappa shape index (κ3) is 6.92. The molecule has 0 aliphatic rings. The molecule has 0 saturated carbocycles. The summed E-state index contributed by atoms with van der Waals surface area (Å²) in [6.07, 6.45) is -3.53. The van der Waals surface area contributed by atoms with E-state index in [0.717, 1.165) is 12.4 Å². The lowest BCUT2D eigenvalue weighted by atomic mass is 10.1. The maximum atomic E-state index is 13.3. The van der Waals surface area contributed by atoms with E-state index in [1.54, 1.807) is 0 Å². The first-order valence-corrected chi connectivity index (χ1v) is 11.9. The second kappa shape index (κ2) is 11.0. The standard InChI is InChI=1S/C21H15F8N5O4S/c1-10(16-17(31-3-2-30-16)18-32-7-13(8-33-18)38-9-15(22)23)34-19(35)11-4-12(20(24,25)26)6-14(5-11)39(36,37)21(27,28)29/h2-8,10,15H,9H2,1H3,(H,34,35). The highest BCUT2D eigenvalue weighted by Crippen LogP contribution is 2.36. The van der Waals surface area contributed by atoms with Crippen LogP contribution in [-0.2, 0) is 16.0 Å². The van der Waals surface area contributed by atoms with Crippen molar-refractivity contribution >= 4 is 15.7 Å². The van der Waals surface area contributed by atoms with Crippen molar-refractivity contribution < 1.29 is 53.1 Å².